The summed E-state index contributed by atoms with van der Waals surface area (Å²) in [7, 11) is 3.34. The number of hydrogen-bond acceptors (Lipinski definition) is 6. The Labute approximate surface area is 117 Å². The number of hydrogen-bond donors (Lipinski definition) is 1. The number of aryl methyl sites for hydroxylation is 1. The molecule has 0 aromatic carbocycles. The van der Waals surface area contributed by atoms with Crippen molar-refractivity contribution in [2.24, 2.45) is 0 Å². The predicted molar refractivity (Wildman–Crippen MR) is 73.3 cm³/mol. The molecule has 1 N–H and O–H groups in total. The molecule has 20 heavy (non-hydrogen) atoms. The number of nitrogens with one attached hydrogen (secondary N) is 1. The summed E-state index contributed by atoms with van der Waals surface area (Å²) in [6, 6.07) is 3.20. The van der Waals surface area contributed by atoms with Crippen LogP contribution in [-0.4, -0.2) is 40.1 Å². The van der Waals surface area contributed by atoms with Gasteiger partial charge in [-0.2, -0.15) is 0 Å². The molecule has 0 aliphatic rings. The number of aromatic nitrogens is 3. The molecule has 1 amide bonds. The first kappa shape index (κ1) is 14.0. The van der Waals surface area contributed by atoms with Crippen LogP contribution in [0.15, 0.2) is 22.7 Å². The lowest BCUT2D eigenvalue weighted by molar-refractivity contribution is 0.0821. The van der Waals surface area contributed by atoms with Gasteiger partial charge in [0.1, 0.15) is 17.6 Å². The van der Waals surface area contributed by atoms with Crippen molar-refractivity contribution in [2.45, 2.75) is 19.9 Å². The van der Waals surface area contributed by atoms with Crippen molar-refractivity contribution in [3.8, 4) is 0 Å². The number of nitrogens with zero attached hydrogens (tertiary/aromatic N) is 4. The van der Waals surface area contributed by atoms with E-state index in [1.54, 1.807) is 32.4 Å². The van der Waals surface area contributed by atoms with Gasteiger partial charge in [0.25, 0.3) is 5.91 Å². The van der Waals surface area contributed by atoms with Crippen LogP contribution < -0.4 is 5.32 Å². The van der Waals surface area contributed by atoms with Gasteiger partial charge in [-0.05, 0) is 26.0 Å². The molecule has 0 fully saturated rings. The van der Waals surface area contributed by atoms with E-state index < -0.39 is 0 Å². The quantitative estimate of drug-likeness (QED) is 0.913. The topological polar surface area (TPSA) is 84.2 Å². The molecule has 0 aliphatic carbocycles. The summed E-state index contributed by atoms with van der Waals surface area (Å²) in [4.78, 5) is 17.3. The Bertz CT molecular complexity index is 591. The summed E-state index contributed by atoms with van der Waals surface area (Å²) in [5.74, 6) is 1.72. The van der Waals surface area contributed by atoms with Gasteiger partial charge in [-0.3, -0.25) is 4.79 Å². The van der Waals surface area contributed by atoms with E-state index >= 15 is 0 Å². The SMILES string of the molecule is Cc1cnc(C(C)Nc2ccc(C(=O)N(C)C)nn2)o1. The Hall–Kier alpha value is -2.44. The Morgan fingerprint density at radius 3 is 2.60 bits per heavy atom. The average Bonchev–Trinajstić information content (AvgIpc) is 2.85. The maximum atomic E-state index is 11.7. The molecule has 2 aromatic heterocycles. The summed E-state index contributed by atoms with van der Waals surface area (Å²) in [5.41, 5.74) is 0.306. The molecule has 1 unspecified atom stereocenters. The van der Waals surface area contributed by atoms with Crippen LogP contribution in [0.4, 0.5) is 5.82 Å². The van der Waals surface area contributed by atoms with E-state index in [9.17, 15) is 4.79 Å². The molecule has 7 heteroatoms. The highest BCUT2D eigenvalue weighted by atomic mass is 16.4. The zero-order valence-electron chi connectivity index (χ0n) is 11.9. The van der Waals surface area contributed by atoms with E-state index in [0.717, 1.165) is 5.76 Å². The van der Waals surface area contributed by atoms with Crippen LogP contribution in [0.2, 0.25) is 0 Å². The number of amides is 1. The van der Waals surface area contributed by atoms with Crippen LogP contribution in [0, 0.1) is 6.92 Å². The number of carbonyl (C=O) groups excluding carboxylic acids is 1. The van der Waals surface area contributed by atoms with Crippen LogP contribution in [0.3, 0.4) is 0 Å². The molecule has 0 bridgehead atoms. The molecule has 0 aliphatic heterocycles. The van der Waals surface area contributed by atoms with Gasteiger partial charge in [0, 0.05) is 14.1 Å². The zero-order chi connectivity index (χ0) is 14.7. The van der Waals surface area contributed by atoms with Gasteiger partial charge in [0.05, 0.1) is 6.20 Å². The molecule has 1 atom stereocenters. The van der Waals surface area contributed by atoms with Gasteiger partial charge in [-0.25, -0.2) is 4.98 Å². The minimum atomic E-state index is -0.180. The van der Waals surface area contributed by atoms with Gasteiger partial charge in [0.2, 0.25) is 5.89 Å². The fourth-order valence-electron chi connectivity index (χ4n) is 1.61. The normalized spacial score (nSPS) is 12.0. The van der Waals surface area contributed by atoms with Gasteiger partial charge >= 0.3 is 0 Å². The fraction of sp³-hybridized carbons (Fsp3) is 0.385. The first-order chi connectivity index (χ1) is 9.47. The first-order valence-electron chi connectivity index (χ1n) is 6.21. The van der Waals surface area contributed by atoms with E-state index in [4.69, 9.17) is 4.42 Å². The zero-order valence-corrected chi connectivity index (χ0v) is 11.9. The smallest absolute Gasteiger partial charge is 0.273 e. The molecule has 0 radical (unpaired) electrons. The third-order valence-electron chi connectivity index (χ3n) is 2.66. The number of anilines is 1. The largest absolute Gasteiger partial charge is 0.444 e. The summed E-state index contributed by atoms with van der Waals surface area (Å²) in [5, 5.41) is 11.0. The second kappa shape index (κ2) is 5.68. The van der Waals surface area contributed by atoms with Gasteiger partial charge in [-0.15, -0.1) is 10.2 Å². The van der Waals surface area contributed by atoms with Crippen molar-refractivity contribution in [3.05, 3.63) is 35.7 Å². The summed E-state index contributed by atoms with van der Waals surface area (Å²) in [6.07, 6.45) is 1.66. The van der Waals surface area contributed by atoms with Gasteiger partial charge in [-0.1, -0.05) is 0 Å². The summed E-state index contributed by atoms with van der Waals surface area (Å²) < 4.78 is 5.43. The first-order valence-corrected chi connectivity index (χ1v) is 6.21. The summed E-state index contributed by atoms with van der Waals surface area (Å²) in [6.45, 7) is 3.75. The minimum absolute atomic E-state index is 0.131. The number of rotatable bonds is 4. The second-order valence-corrected chi connectivity index (χ2v) is 4.68. The van der Waals surface area contributed by atoms with Crippen LogP contribution in [-0.2, 0) is 0 Å². The van der Waals surface area contributed by atoms with E-state index in [-0.39, 0.29) is 11.9 Å². The highest BCUT2D eigenvalue weighted by Crippen LogP contribution is 2.17. The number of oxazole rings is 1. The molecule has 7 nitrogen and oxygen atoms in total. The maximum absolute atomic E-state index is 11.7. The van der Waals surface area contributed by atoms with E-state index in [2.05, 4.69) is 20.5 Å². The molecular weight excluding hydrogens is 258 g/mol. The van der Waals surface area contributed by atoms with Crippen molar-refractivity contribution in [3.63, 3.8) is 0 Å². The third kappa shape index (κ3) is 3.11. The fourth-order valence-corrected chi connectivity index (χ4v) is 1.61. The Morgan fingerprint density at radius 2 is 2.10 bits per heavy atom. The van der Waals surface area contributed by atoms with Crippen molar-refractivity contribution < 1.29 is 9.21 Å². The highest BCUT2D eigenvalue weighted by Gasteiger charge is 2.13. The lowest BCUT2D eigenvalue weighted by Gasteiger charge is -2.12. The number of carbonyl (C=O) groups is 1. The molecular formula is C13H17N5O2. The average molecular weight is 275 g/mol. The monoisotopic (exact) mass is 275 g/mol. The van der Waals surface area contributed by atoms with Crippen LogP contribution in [0.25, 0.3) is 0 Å². The molecule has 2 rings (SSSR count). The Morgan fingerprint density at radius 1 is 1.35 bits per heavy atom. The van der Waals surface area contributed by atoms with Crippen molar-refractivity contribution >= 4 is 11.7 Å². The van der Waals surface area contributed by atoms with Crippen molar-refractivity contribution in [2.75, 3.05) is 19.4 Å². The molecule has 0 spiro atoms. The lowest BCUT2D eigenvalue weighted by Crippen LogP contribution is -2.23. The molecule has 0 saturated carbocycles. The summed E-state index contributed by atoms with van der Waals surface area (Å²) >= 11 is 0. The predicted octanol–water partition coefficient (Wildman–Crippen LogP) is 1.65. The van der Waals surface area contributed by atoms with Crippen molar-refractivity contribution in [1.82, 2.24) is 20.1 Å². The Kier molecular flexibility index (Phi) is 3.97. The molecule has 2 heterocycles. The molecule has 106 valence electrons. The van der Waals surface area contributed by atoms with E-state index in [1.807, 2.05) is 13.8 Å². The standard InChI is InChI=1S/C13H17N5O2/c1-8-7-14-12(20-8)9(2)15-11-6-5-10(16-17-11)13(19)18(3)4/h5-7,9H,1-4H3,(H,15,17). The van der Waals surface area contributed by atoms with E-state index in [1.165, 1.54) is 4.90 Å². The minimum Gasteiger partial charge on any atom is -0.444 e. The van der Waals surface area contributed by atoms with Gasteiger partial charge < -0.3 is 14.6 Å². The van der Waals surface area contributed by atoms with Crippen LogP contribution in [0.5, 0.6) is 0 Å². The second-order valence-electron chi connectivity index (χ2n) is 4.68. The van der Waals surface area contributed by atoms with Gasteiger partial charge in [0.15, 0.2) is 5.69 Å². The third-order valence-corrected chi connectivity index (χ3v) is 2.66. The van der Waals surface area contributed by atoms with E-state index in [0.29, 0.717) is 17.4 Å². The highest BCUT2D eigenvalue weighted by molar-refractivity contribution is 5.91. The molecule has 2 aromatic rings. The van der Waals surface area contributed by atoms with Crippen LogP contribution >= 0.6 is 0 Å². The van der Waals surface area contributed by atoms with Crippen LogP contribution in [0.1, 0.15) is 35.1 Å². The Balaban J connectivity index is 2.05. The molecule has 0 saturated heterocycles. The maximum Gasteiger partial charge on any atom is 0.273 e. The lowest BCUT2D eigenvalue weighted by atomic mass is 10.3. The van der Waals surface area contributed by atoms with Crippen molar-refractivity contribution in [1.29, 1.82) is 0 Å².